The van der Waals surface area contributed by atoms with Crippen molar-refractivity contribution < 1.29 is 0 Å². The SMILES string of the molecule is CNC1CCCN(Cc2cnn(Cc3ccccc3)c2)C1. The van der Waals surface area contributed by atoms with Crippen LogP contribution in [0.2, 0.25) is 0 Å². The second kappa shape index (κ2) is 6.87. The zero-order chi connectivity index (χ0) is 14.5. The maximum atomic E-state index is 4.49. The predicted octanol–water partition coefficient (Wildman–Crippen LogP) is 2.12. The van der Waals surface area contributed by atoms with Gasteiger partial charge in [-0.05, 0) is 32.0 Å². The van der Waals surface area contributed by atoms with E-state index in [1.165, 1.54) is 30.5 Å². The van der Waals surface area contributed by atoms with Gasteiger partial charge in [0.2, 0.25) is 0 Å². The summed E-state index contributed by atoms with van der Waals surface area (Å²) in [6.07, 6.45) is 6.76. The first-order valence-corrected chi connectivity index (χ1v) is 7.78. The molecule has 0 radical (unpaired) electrons. The standard InChI is InChI=1S/C17H24N4/c1-18-17-8-5-9-20(14-17)11-16-10-19-21(13-16)12-15-6-3-2-4-7-15/h2-4,6-7,10,13,17-18H,5,8-9,11-12,14H2,1H3. The second-order valence-corrected chi connectivity index (χ2v) is 5.89. The fourth-order valence-electron chi connectivity index (χ4n) is 3.04. The highest BCUT2D eigenvalue weighted by Gasteiger charge is 2.18. The van der Waals surface area contributed by atoms with Gasteiger partial charge in [0.05, 0.1) is 12.7 Å². The summed E-state index contributed by atoms with van der Waals surface area (Å²) in [5.41, 5.74) is 2.60. The van der Waals surface area contributed by atoms with Crippen LogP contribution in [0.25, 0.3) is 0 Å². The molecule has 1 saturated heterocycles. The molecule has 0 amide bonds. The third-order valence-corrected chi connectivity index (χ3v) is 4.19. The van der Waals surface area contributed by atoms with Crippen LogP contribution in [-0.4, -0.2) is 40.9 Å². The minimum atomic E-state index is 0.637. The quantitative estimate of drug-likeness (QED) is 0.913. The number of likely N-dealkylation sites (N-methyl/N-ethyl adjacent to an activating group) is 1. The van der Waals surface area contributed by atoms with E-state index in [0.29, 0.717) is 6.04 Å². The summed E-state index contributed by atoms with van der Waals surface area (Å²) in [6.45, 7) is 4.19. The van der Waals surface area contributed by atoms with Crippen LogP contribution in [0.3, 0.4) is 0 Å². The molecule has 1 aliphatic rings. The molecule has 2 aromatic rings. The molecular weight excluding hydrogens is 260 g/mol. The van der Waals surface area contributed by atoms with Crippen molar-refractivity contribution in [2.75, 3.05) is 20.1 Å². The van der Waals surface area contributed by atoms with Gasteiger partial charge < -0.3 is 5.32 Å². The highest BCUT2D eigenvalue weighted by molar-refractivity contribution is 5.15. The van der Waals surface area contributed by atoms with Gasteiger partial charge in [0, 0.05) is 30.9 Å². The average molecular weight is 284 g/mol. The molecule has 0 bridgehead atoms. The van der Waals surface area contributed by atoms with Gasteiger partial charge in [0.1, 0.15) is 0 Å². The lowest BCUT2D eigenvalue weighted by atomic mass is 10.1. The van der Waals surface area contributed by atoms with Gasteiger partial charge in [0.15, 0.2) is 0 Å². The van der Waals surface area contributed by atoms with E-state index in [1.807, 2.05) is 16.9 Å². The number of nitrogens with one attached hydrogen (secondary N) is 1. The van der Waals surface area contributed by atoms with Gasteiger partial charge in [-0.15, -0.1) is 0 Å². The van der Waals surface area contributed by atoms with E-state index >= 15 is 0 Å². The summed E-state index contributed by atoms with van der Waals surface area (Å²) in [5.74, 6) is 0. The number of rotatable bonds is 5. The van der Waals surface area contributed by atoms with Crippen LogP contribution in [0.15, 0.2) is 42.7 Å². The van der Waals surface area contributed by atoms with Crippen molar-refractivity contribution in [3.63, 3.8) is 0 Å². The number of benzene rings is 1. The fourth-order valence-corrected chi connectivity index (χ4v) is 3.04. The number of nitrogens with zero attached hydrogens (tertiary/aromatic N) is 3. The summed E-state index contributed by atoms with van der Waals surface area (Å²) >= 11 is 0. The van der Waals surface area contributed by atoms with Gasteiger partial charge in [-0.1, -0.05) is 30.3 Å². The molecule has 0 spiro atoms. The molecule has 4 nitrogen and oxygen atoms in total. The average Bonchev–Trinajstić information content (AvgIpc) is 2.95. The smallest absolute Gasteiger partial charge is 0.0659 e. The first-order valence-electron chi connectivity index (χ1n) is 7.78. The highest BCUT2D eigenvalue weighted by atomic mass is 15.3. The molecule has 0 saturated carbocycles. The topological polar surface area (TPSA) is 33.1 Å². The van der Waals surface area contributed by atoms with Crippen molar-refractivity contribution >= 4 is 0 Å². The van der Waals surface area contributed by atoms with Gasteiger partial charge >= 0.3 is 0 Å². The minimum absolute atomic E-state index is 0.637. The Morgan fingerprint density at radius 3 is 2.86 bits per heavy atom. The first-order chi connectivity index (χ1) is 10.3. The number of piperidine rings is 1. The van der Waals surface area contributed by atoms with Crippen molar-refractivity contribution in [2.24, 2.45) is 0 Å². The van der Waals surface area contributed by atoms with Crippen LogP contribution >= 0.6 is 0 Å². The van der Waals surface area contributed by atoms with Crippen LogP contribution in [0.4, 0.5) is 0 Å². The maximum Gasteiger partial charge on any atom is 0.0659 e. The molecule has 3 rings (SSSR count). The predicted molar refractivity (Wildman–Crippen MR) is 85.1 cm³/mol. The minimum Gasteiger partial charge on any atom is -0.316 e. The Morgan fingerprint density at radius 2 is 2.05 bits per heavy atom. The first kappa shape index (κ1) is 14.3. The number of aromatic nitrogens is 2. The molecule has 1 aromatic heterocycles. The summed E-state index contributed by atoms with van der Waals surface area (Å²) < 4.78 is 2.03. The Morgan fingerprint density at radius 1 is 1.19 bits per heavy atom. The Bertz CT molecular complexity index is 549. The number of hydrogen-bond donors (Lipinski definition) is 1. The van der Waals surface area contributed by atoms with Crippen LogP contribution in [0.5, 0.6) is 0 Å². The van der Waals surface area contributed by atoms with E-state index in [0.717, 1.165) is 19.6 Å². The Kier molecular flexibility index (Phi) is 4.68. The zero-order valence-corrected chi connectivity index (χ0v) is 12.7. The summed E-state index contributed by atoms with van der Waals surface area (Å²) in [7, 11) is 2.06. The number of hydrogen-bond acceptors (Lipinski definition) is 3. The van der Waals surface area contributed by atoms with E-state index in [-0.39, 0.29) is 0 Å². The van der Waals surface area contributed by atoms with E-state index < -0.39 is 0 Å². The molecule has 21 heavy (non-hydrogen) atoms. The molecule has 1 unspecified atom stereocenters. The molecule has 1 N–H and O–H groups in total. The van der Waals surface area contributed by atoms with Crippen molar-refractivity contribution in [1.29, 1.82) is 0 Å². The van der Waals surface area contributed by atoms with Gasteiger partial charge in [-0.25, -0.2) is 0 Å². The van der Waals surface area contributed by atoms with Crippen LogP contribution in [0.1, 0.15) is 24.0 Å². The lowest BCUT2D eigenvalue weighted by Crippen LogP contribution is -2.43. The second-order valence-electron chi connectivity index (χ2n) is 5.89. The summed E-state index contributed by atoms with van der Waals surface area (Å²) in [4.78, 5) is 2.52. The Hall–Kier alpha value is -1.65. The fraction of sp³-hybridized carbons (Fsp3) is 0.471. The molecule has 4 heteroatoms. The van der Waals surface area contributed by atoms with Crippen molar-refractivity contribution in [3.05, 3.63) is 53.9 Å². The van der Waals surface area contributed by atoms with Crippen LogP contribution in [-0.2, 0) is 13.1 Å². The van der Waals surface area contributed by atoms with E-state index in [4.69, 9.17) is 0 Å². The van der Waals surface area contributed by atoms with Crippen molar-refractivity contribution in [2.45, 2.75) is 32.0 Å². The largest absolute Gasteiger partial charge is 0.316 e. The van der Waals surface area contributed by atoms with Gasteiger partial charge in [-0.3, -0.25) is 9.58 Å². The maximum absolute atomic E-state index is 4.49. The van der Waals surface area contributed by atoms with Crippen LogP contribution < -0.4 is 5.32 Å². The monoisotopic (exact) mass is 284 g/mol. The Balaban J connectivity index is 1.57. The molecular formula is C17H24N4. The highest BCUT2D eigenvalue weighted by Crippen LogP contribution is 2.13. The molecule has 1 aromatic carbocycles. The Labute approximate surface area is 126 Å². The summed E-state index contributed by atoms with van der Waals surface area (Å²) in [6, 6.07) is 11.1. The molecule has 1 atom stereocenters. The third kappa shape index (κ3) is 3.93. The lowest BCUT2D eigenvalue weighted by molar-refractivity contribution is 0.188. The van der Waals surface area contributed by atoms with Gasteiger partial charge in [0.25, 0.3) is 0 Å². The molecule has 0 aliphatic carbocycles. The zero-order valence-electron chi connectivity index (χ0n) is 12.7. The van der Waals surface area contributed by atoms with E-state index in [2.05, 4.69) is 52.8 Å². The van der Waals surface area contributed by atoms with Crippen molar-refractivity contribution in [1.82, 2.24) is 20.0 Å². The van der Waals surface area contributed by atoms with Crippen molar-refractivity contribution in [3.8, 4) is 0 Å². The van der Waals surface area contributed by atoms with E-state index in [9.17, 15) is 0 Å². The summed E-state index contributed by atoms with van der Waals surface area (Å²) in [5, 5.41) is 7.89. The lowest BCUT2D eigenvalue weighted by Gasteiger charge is -2.32. The molecule has 1 fully saturated rings. The third-order valence-electron chi connectivity index (χ3n) is 4.19. The normalized spacial score (nSPS) is 19.8. The van der Waals surface area contributed by atoms with Gasteiger partial charge in [-0.2, -0.15) is 5.10 Å². The van der Waals surface area contributed by atoms with E-state index in [1.54, 1.807) is 0 Å². The molecule has 112 valence electrons. The van der Waals surface area contributed by atoms with Crippen LogP contribution in [0, 0.1) is 0 Å². The molecule has 1 aliphatic heterocycles. The molecule has 2 heterocycles. The number of likely N-dealkylation sites (tertiary alicyclic amines) is 1.